The highest BCUT2D eigenvalue weighted by Crippen LogP contribution is 2.42. The van der Waals surface area contributed by atoms with Crippen LogP contribution in [0.2, 0.25) is 0 Å². The molecule has 7 heteroatoms. The number of rotatable bonds is 4. The van der Waals surface area contributed by atoms with Crippen molar-refractivity contribution < 1.29 is 23.5 Å². The second kappa shape index (κ2) is 8.26. The Balaban J connectivity index is 1.30. The largest absolute Gasteiger partial charge is 0.456 e. The molecule has 6 rings (SSSR count). The zero-order valence-electron chi connectivity index (χ0n) is 18.3. The summed E-state index contributed by atoms with van der Waals surface area (Å²) < 4.78 is 17.2. The molecule has 170 valence electrons. The quantitative estimate of drug-likeness (QED) is 0.476. The summed E-state index contributed by atoms with van der Waals surface area (Å²) in [6.07, 6.45) is 1.30. The number of ether oxygens (including phenoxy) is 2. The van der Waals surface area contributed by atoms with E-state index in [0.717, 1.165) is 27.8 Å². The molecule has 0 fully saturated rings. The number of nitrogens with one attached hydrogen (secondary N) is 2. The van der Waals surface area contributed by atoms with Crippen LogP contribution in [0.1, 0.15) is 17.5 Å². The van der Waals surface area contributed by atoms with Gasteiger partial charge in [-0.3, -0.25) is 9.59 Å². The van der Waals surface area contributed by atoms with E-state index in [1.165, 1.54) is 0 Å². The van der Waals surface area contributed by atoms with Gasteiger partial charge in [0.1, 0.15) is 17.4 Å². The molecule has 1 unspecified atom stereocenters. The van der Waals surface area contributed by atoms with E-state index in [9.17, 15) is 9.59 Å². The third-order valence-electron chi connectivity index (χ3n) is 6.29. The number of hydrogen-bond acceptors (Lipinski definition) is 5. The summed E-state index contributed by atoms with van der Waals surface area (Å²) in [5.74, 6) is 1.40. The Morgan fingerprint density at radius 3 is 2.62 bits per heavy atom. The van der Waals surface area contributed by atoms with Crippen LogP contribution in [0.15, 0.2) is 71.1 Å². The first-order valence-electron chi connectivity index (χ1n) is 11.2. The Labute approximate surface area is 195 Å². The summed E-state index contributed by atoms with van der Waals surface area (Å²) in [7, 11) is 0. The van der Waals surface area contributed by atoms with Gasteiger partial charge < -0.3 is 24.5 Å². The Morgan fingerprint density at radius 2 is 1.76 bits per heavy atom. The Morgan fingerprint density at radius 1 is 1.00 bits per heavy atom. The number of hydrogen-bond donors (Lipinski definition) is 2. The maximum atomic E-state index is 13.2. The van der Waals surface area contributed by atoms with Crippen LogP contribution < -0.4 is 20.1 Å². The van der Waals surface area contributed by atoms with Crippen molar-refractivity contribution in [2.24, 2.45) is 0 Å². The summed E-state index contributed by atoms with van der Waals surface area (Å²) in [4.78, 5) is 26.0. The molecule has 1 aromatic heterocycles. The maximum Gasteiger partial charge on any atom is 0.246 e. The average molecular weight is 454 g/mol. The number of benzene rings is 3. The predicted molar refractivity (Wildman–Crippen MR) is 127 cm³/mol. The molecule has 3 aromatic carbocycles. The van der Waals surface area contributed by atoms with E-state index in [1.54, 1.807) is 6.07 Å². The van der Waals surface area contributed by atoms with Crippen LogP contribution in [0, 0.1) is 0 Å². The fourth-order valence-electron chi connectivity index (χ4n) is 4.59. The molecule has 1 atom stereocenters. The van der Waals surface area contributed by atoms with Gasteiger partial charge >= 0.3 is 0 Å². The maximum absolute atomic E-state index is 13.2. The van der Waals surface area contributed by atoms with Crippen molar-refractivity contribution in [1.29, 1.82) is 0 Å². The van der Waals surface area contributed by atoms with Crippen LogP contribution >= 0.6 is 0 Å². The summed E-state index contributed by atoms with van der Waals surface area (Å²) >= 11 is 0. The van der Waals surface area contributed by atoms with E-state index >= 15 is 0 Å². The van der Waals surface area contributed by atoms with Crippen molar-refractivity contribution in [2.75, 3.05) is 12.1 Å². The molecule has 7 nitrogen and oxygen atoms in total. The number of amides is 2. The van der Waals surface area contributed by atoms with Crippen molar-refractivity contribution >= 4 is 28.5 Å². The van der Waals surface area contributed by atoms with Crippen molar-refractivity contribution in [1.82, 2.24) is 5.32 Å². The molecule has 2 aliphatic heterocycles. The lowest BCUT2D eigenvalue weighted by Gasteiger charge is -2.15. The lowest BCUT2D eigenvalue weighted by atomic mass is 10.0. The molecule has 4 aromatic rings. The van der Waals surface area contributed by atoms with Crippen LogP contribution in [0.5, 0.6) is 11.5 Å². The van der Waals surface area contributed by atoms with Crippen molar-refractivity contribution in [2.45, 2.75) is 25.3 Å². The van der Waals surface area contributed by atoms with E-state index in [1.807, 2.05) is 60.7 Å². The summed E-state index contributed by atoms with van der Waals surface area (Å²) in [5.41, 5.74) is 4.09. The summed E-state index contributed by atoms with van der Waals surface area (Å²) in [6.45, 7) is 0.155. The van der Waals surface area contributed by atoms with Gasteiger partial charge in [-0.25, -0.2) is 0 Å². The molecule has 0 aliphatic carbocycles. The number of aryl methyl sites for hydroxylation is 1. The number of furan rings is 1. The molecule has 0 saturated heterocycles. The zero-order chi connectivity index (χ0) is 23.1. The minimum Gasteiger partial charge on any atom is -0.456 e. The van der Waals surface area contributed by atoms with Crippen LogP contribution in [-0.2, 0) is 22.4 Å². The van der Waals surface area contributed by atoms with Crippen molar-refractivity contribution in [3.05, 3.63) is 77.9 Å². The SMILES string of the molecule is O=C(Cc1c(-c2ccccc2)oc2cc3c(cc12)OCO3)NC1CCc2ccccc2NC1=O. The topological polar surface area (TPSA) is 89.8 Å². The van der Waals surface area contributed by atoms with Gasteiger partial charge in [0, 0.05) is 28.3 Å². The fraction of sp³-hybridized carbons (Fsp3) is 0.185. The number of anilines is 1. The molecule has 0 saturated carbocycles. The highest BCUT2D eigenvalue weighted by molar-refractivity contribution is 6.00. The smallest absolute Gasteiger partial charge is 0.246 e. The van der Waals surface area contributed by atoms with Gasteiger partial charge in [0.25, 0.3) is 0 Å². The van der Waals surface area contributed by atoms with E-state index < -0.39 is 6.04 Å². The Kier molecular flexibility index (Phi) is 4.95. The van der Waals surface area contributed by atoms with Gasteiger partial charge in [-0.15, -0.1) is 0 Å². The zero-order valence-corrected chi connectivity index (χ0v) is 18.3. The third kappa shape index (κ3) is 3.65. The number of carbonyl (C=O) groups excluding carboxylic acids is 2. The van der Waals surface area contributed by atoms with E-state index in [2.05, 4.69) is 10.6 Å². The summed E-state index contributed by atoms with van der Waals surface area (Å²) in [5, 5.41) is 6.65. The molecule has 2 N–H and O–H groups in total. The molecule has 2 aliphatic rings. The standard InChI is InChI=1S/C27H22N2O5/c30-25(28-21-11-10-16-6-4-5-9-20(16)29-27(21)31)13-19-18-12-23-24(33-15-32-23)14-22(18)34-26(19)17-7-2-1-3-8-17/h1-9,12,14,21H,10-11,13,15H2,(H,28,30)(H,29,31). The first-order chi connectivity index (χ1) is 16.7. The molecule has 0 spiro atoms. The number of para-hydroxylation sites is 1. The molecule has 0 radical (unpaired) electrons. The van der Waals surface area contributed by atoms with Gasteiger partial charge in [0.2, 0.25) is 18.6 Å². The molecule has 34 heavy (non-hydrogen) atoms. The van der Waals surface area contributed by atoms with E-state index in [0.29, 0.717) is 35.7 Å². The first kappa shape index (κ1) is 20.4. The monoisotopic (exact) mass is 454 g/mol. The fourth-order valence-corrected chi connectivity index (χ4v) is 4.59. The second-order valence-electron chi connectivity index (χ2n) is 8.46. The van der Waals surface area contributed by atoms with Crippen LogP contribution in [0.3, 0.4) is 0 Å². The van der Waals surface area contributed by atoms with E-state index in [4.69, 9.17) is 13.9 Å². The number of carbonyl (C=O) groups is 2. The van der Waals surface area contributed by atoms with Gasteiger partial charge in [0.05, 0.1) is 6.42 Å². The van der Waals surface area contributed by atoms with Gasteiger partial charge in [-0.05, 0) is 30.5 Å². The van der Waals surface area contributed by atoms with Crippen LogP contribution in [0.25, 0.3) is 22.3 Å². The lowest BCUT2D eigenvalue weighted by Crippen LogP contribution is -2.43. The third-order valence-corrected chi connectivity index (χ3v) is 6.29. The molecular formula is C27H22N2O5. The Hall–Kier alpha value is -4.26. The normalized spacial score (nSPS) is 16.6. The van der Waals surface area contributed by atoms with Gasteiger partial charge in [-0.2, -0.15) is 0 Å². The van der Waals surface area contributed by atoms with Crippen molar-refractivity contribution in [3.63, 3.8) is 0 Å². The highest BCUT2D eigenvalue weighted by Gasteiger charge is 2.27. The predicted octanol–water partition coefficient (Wildman–Crippen LogP) is 4.44. The van der Waals surface area contributed by atoms with Gasteiger partial charge in [-0.1, -0.05) is 48.5 Å². The highest BCUT2D eigenvalue weighted by atomic mass is 16.7. The molecule has 3 heterocycles. The van der Waals surface area contributed by atoms with Gasteiger partial charge in [0.15, 0.2) is 11.5 Å². The lowest BCUT2D eigenvalue weighted by molar-refractivity contribution is -0.126. The molecule has 0 bridgehead atoms. The number of fused-ring (bicyclic) bond motifs is 3. The Bertz CT molecular complexity index is 1410. The minimum absolute atomic E-state index is 0.0631. The van der Waals surface area contributed by atoms with E-state index in [-0.39, 0.29) is 25.0 Å². The molecular weight excluding hydrogens is 432 g/mol. The van der Waals surface area contributed by atoms with Crippen molar-refractivity contribution in [3.8, 4) is 22.8 Å². The van der Waals surface area contributed by atoms with Crippen LogP contribution in [0.4, 0.5) is 5.69 Å². The molecule has 2 amide bonds. The second-order valence-corrected chi connectivity index (χ2v) is 8.46. The minimum atomic E-state index is -0.612. The van der Waals surface area contributed by atoms with Crippen LogP contribution in [-0.4, -0.2) is 24.6 Å². The summed E-state index contributed by atoms with van der Waals surface area (Å²) in [6, 6.07) is 20.4. The first-order valence-corrected chi connectivity index (χ1v) is 11.2. The average Bonchev–Trinajstić information content (AvgIpc) is 3.41.